The summed E-state index contributed by atoms with van der Waals surface area (Å²) in [5.41, 5.74) is 3.14. The molecule has 1 saturated carbocycles. The Kier molecular flexibility index (Phi) is 6.45. The van der Waals surface area contributed by atoms with E-state index in [1.807, 2.05) is 18.2 Å². The molecule has 0 radical (unpaired) electrons. The number of benzene rings is 1. The molecule has 0 spiro atoms. The molecule has 7 heteroatoms. The van der Waals surface area contributed by atoms with Crippen LogP contribution in [0.5, 0.6) is 0 Å². The van der Waals surface area contributed by atoms with Crippen molar-refractivity contribution in [2.45, 2.75) is 44.7 Å². The summed E-state index contributed by atoms with van der Waals surface area (Å²) >= 11 is 12.7. The second-order valence-corrected chi connectivity index (χ2v) is 8.93. The third kappa shape index (κ3) is 4.34. The first-order chi connectivity index (χ1) is 12.5. The van der Waals surface area contributed by atoms with Gasteiger partial charge in [-0.05, 0) is 70.4 Å². The minimum atomic E-state index is 0.385. The zero-order chi connectivity index (χ0) is 18.7. The molecule has 1 aromatic carbocycles. The van der Waals surface area contributed by atoms with Crippen molar-refractivity contribution in [3.63, 3.8) is 0 Å². The molecule has 2 N–H and O–H groups in total. The number of thiocarbonyl (C=S) groups is 1. The molecule has 0 saturated heterocycles. The Morgan fingerprint density at radius 3 is 2.65 bits per heavy atom. The molecule has 0 amide bonds. The van der Waals surface area contributed by atoms with Crippen molar-refractivity contribution < 1.29 is 0 Å². The van der Waals surface area contributed by atoms with Crippen molar-refractivity contribution in [1.82, 2.24) is 14.8 Å². The average molecular weight is 407 g/mol. The van der Waals surface area contributed by atoms with Crippen molar-refractivity contribution in [3.05, 3.63) is 39.3 Å². The molecular formula is C19H26N4S3. The van der Waals surface area contributed by atoms with Gasteiger partial charge in [0.25, 0.3) is 0 Å². The van der Waals surface area contributed by atoms with E-state index in [4.69, 9.17) is 24.4 Å². The Morgan fingerprint density at radius 1 is 1.23 bits per heavy atom. The summed E-state index contributed by atoms with van der Waals surface area (Å²) in [7, 11) is 4.30. The molecule has 1 aliphatic rings. The van der Waals surface area contributed by atoms with Gasteiger partial charge in [-0.3, -0.25) is 4.57 Å². The number of hydrogen-bond acceptors (Lipinski definition) is 4. The lowest BCUT2D eigenvalue weighted by Crippen LogP contribution is -2.52. The molecule has 3 rings (SSSR count). The molecule has 2 aromatic rings. The lowest BCUT2D eigenvalue weighted by molar-refractivity contribution is 0.190. The Labute approximate surface area is 170 Å². The minimum Gasteiger partial charge on any atom is -0.358 e. The van der Waals surface area contributed by atoms with Crippen molar-refractivity contribution in [2.75, 3.05) is 19.4 Å². The van der Waals surface area contributed by atoms with Crippen LogP contribution >= 0.6 is 35.8 Å². The molecule has 2 atom stereocenters. The van der Waals surface area contributed by atoms with Crippen LogP contribution in [-0.2, 0) is 0 Å². The number of hydrogen-bond donors (Lipinski definition) is 2. The fourth-order valence-electron chi connectivity index (χ4n) is 3.67. The average Bonchev–Trinajstić information content (AvgIpc) is 2.94. The highest BCUT2D eigenvalue weighted by molar-refractivity contribution is 7.80. The molecule has 1 heterocycles. The van der Waals surface area contributed by atoms with E-state index < -0.39 is 0 Å². The highest BCUT2D eigenvalue weighted by Gasteiger charge is 2.27. The summed E-state index contributed by atoms with van der Waals surface area (Å²) in [4.78, 5) is 2.31. The first-order valence-electron chi connectivity index (χ1n) is 8.98. The zero-order valence-electron chi connectivity index (χ0n) is 15.5. The molecule has 1 fully saturated rings. The Balaban J connectivity index is 1.77. The Morgan fingerprint density at radius 2 is 1.96 bits per heavy atom. The molecular weight excluding hydrogens is 380 g/mol. The zero-order valence-corrected chi connectivity index (χ0v) is 17.9. The first-order valence-corrected chi connectivity index (χ1v) is 10.7. The number of nitrogens with zero attached hydrogens (tertiary/aromatic N) is 2. The topological polar surface area (TPSA) is 32.2 Å². The predicted molar refractivity (Wildman–Crippen MR) is 118 cm³/mol. The third-order valence-corrected chi connectivity index (χ3v) is 6.50. The molecule has 1 aliphatic carbocycles. The monoisotopic (exact) mass is 406 g/mol. The molecule has 26 heavy (non-hydrogen) atoms. The van der Waals surface area contributed by atoms with Gasteiger partial charge in [-0.2, -0.15) is 0 Å². The van der Waals surface area contributed by atoms with E-state index >= 15 is 0 Å². The van der Waals surface area contributed by atoms with Gasteiger partial charge in [0.15, 0.2) is 9.07 Å². The number of rotatable bonds is 4. The number of anilines is 1. The predicted octanol–water partition coefficient (Wildman–Crippen LogP) is 4.74. The highest BCUT2D eigenvalue weighted by Crippen LogP contribution is 2.25. The van der Waals surface area contributed by atoms with Gasteiger partial charge in [-0.25, -0.2) is 0 Å². The maximum Gasteiger partial charge on any atom is 0.171 e. The minimum absolute atomic E-state index is 0.385. The van der Waals surface area contributed by atoms with Gasteiger partial charge in [0.05, 0.1) is 11.4 Å². The number of likely N-dealkylation sites (N-methyl/N-ethyl adjacent to an activating group) is 1. The van der Waals surface area contributed by atoms with Gasteiger partial charge in [-0.15, -0.1) is 11.3 Å². The number of nitrogens with one attached hydrogen (secondary N) is 2. The van der Waals surface area contributed by atoms with Crippen LogP contribution in [0.25, 0.3) is 5.69 Å². The van der Waals surface area contributed by atoms with Crippen LogP contribution in [-0.4, -0.2) is 40.8 Å². The molecule has 1 aromatic heterocycles. The quantitative estimate of drug-likeness (QED) is 0.717. The van der Waals surface area contributed by atoms with Crippen molar-refractivity contribution >= 4 is 46.6 Å². The molecule has 0 bridgehead atoms. The fraction of sp³-hybridized carbons (Fsp3) is 0.474. The van der Waals surface area contributed by atoms with E-state index in [9.17, 15) is 0 Å². The normalized spacial score (nSPS) is 20.2. The van der Waals surface area contributed by atoms with Gasteiger partial charge >= 0.3 is 0 Å². The van der Waals surface area contributed by atoms with Crippen molar-refractivity contribution in [1.29, 1.82) is 0 Å². The smallest absolute Gasteiger partial charge is 0.171 e. The Hall–Kier alpha value is -1.28. The van der Waals surface area contributed by atoms with Crippen LogP contribution < -0.4 is 10.6 Å². The van der Waals surface area contributed by atoms with Crippen LogP contribution in [0.2, 0.25) is 0 Å². The maximum absolute atomic E-state index is 5.64. The van der Waals surface area contributed by atoms with E-state index in [0.717, 1.165) is 27.4 Å². The van der Waals surface area contributed by atoms with Gasteiger partial charge in [0, 0.05) is 23.2 Å². The van der Waals surface area contributed by atoms with Crippen molar-refractivity contribution in [3.8, 4) is 5.69 Å². The molecule has 4 nitrogen and oxygen atoms in total. The van der Waals surface area contributed by atoms with Crippen LogP contribution in [0.1, 0.15) is 31.4 Å². The van der Waals surface area contributed by atoms with Crippen LogP contribution in [0, 0.1) is 10.9 Å². The SMILES string of the molecule is Cc1csc(=S)n1-c1ccccc1NC(=S)N[C@H]1CCCC[C@@H]1N(C)C. The summed E-state index contributed by atoms with van der Waals surface area (Å²) in [5.74, 6) is 0. The molecule has 140 valence electrons. The number of aryl methyl sites for hydroxylation is 1. The number of para-hydroxylation sites is 2. The second-order valence-electron chi connectivity index (χ2n) is 7.02. The summed E-state index contributed by atoms with van der Waals surface area (Å²) in [5, 5.41) is 9.71. The summed E-state index contributed by atoms with van der Waals surface area (Å²) in [6.45, 7) is 2.07. The van der Waals surface area contributed by atoms with Gasteiger partial charge < -0.3 is 15.5 Å². The Bertz CT molecular complexity index is 824. The summed E-state index contributed by atoms with van der Waals surface area (Å²) in [6, 6.07) is 9.07. The van der Waals surface area contributed by atoms with E-state index in [-0.39, 0.29) is 0 Å². The number of aromatic nitrogens is 1. The van der Waals surface area contributed by atoms with Crippen molar-refractivity contribution in [2.24, 2.45) is 0 Å². The number of thiazole rings is 1. The van der Waals surface area contributed by atoms with E-state index in [1.54, 1.807) is 11.3 Å². The van der Waals surface area contributed by atoms with Crippen LogP contribution in [0.3, 0.4) is 0 Å². The van der Waals surface area contributed by atoms with Crippen LogP contribution in [0.15, 0.2) is 29.6 Å². The van der Waals surface area contributed by atoms with E-state index in [1.165, 1.54) is 19.3 Å². The van der Waals surface area contributed by atoms with E-state index in [0.29, 0.717) is 17.2 Å². The highest BCUT2D eigenvalue weighted by atomic mass is 32.1. The summed E-state index contributed by atoms with van der Waals surface area (Å²) in [6.07, 6.45) is 4.92. The lowest BCUT2D eigenvalue weighted by atomic mass is 9.90. The summed E-state index contributed by atoms with van der Waals surface area (Å²) < 4.78 is 2.93. The first kappa shape index (κ1) is 19.5. The lowest BCUT2D eigenvalue weighted by Gasteiger charge is -2.37. The van der Waals surface area contributed by atoms with E-state index in [2.05, 4.69) is 52.6 Å². The maximum atomic E-state index is 5.64. The fourth-order valence-corrected chi connectivity index (χ4v) is 5.04. The largest absolute Gasteiger partial charge is 0.358 e. The third-order valence-electron chi connectivity index (χ3n) is 4.97. The van der Waals surface area contributed by atoms with Gasteiger partial charge in [0.1, 0.15) is 0 Å². The van der Waals surface area contributed by atoms with Gasteiger partial charge in [-0.1, -0.05) is 25.0 Å². The standard InChI is InChI=1S/C19H26N4S3/c1-13-12-26-19(25)23(13)17-11-7-5-9-15(17)21-18(24)20-14-8-4-6-10-16(14)22(2)3/h5,7,9,11-12,14,16H,4,6,8,10H2,1-3H3,(H2,20,21,24)/t14-,16-/m0/s1. The molecule has 0 aliphatic heterocycles. The molecule has 0 unspecified atom stereocenters. The van der Waals surface area contributed by atoms with Crippen LogP contribution in [0.4, 0.5) is 5.69 Å². The second kappa shape index (κ2) is 8.61. The van der Waals surface area contributed by atoms with Gasteiger partial charge in [0.2, 0.25) is 0 Å².